The number of ether oxygens (including phenoxy) is 1. The third-order valence-electron chi connectivity index (χ3n) is 1.83. The van der Waals surface area contributed by atoms with Gasteiger partial charge in [-0.15, -0.1) is 0 Å². The summed E-state index contributed by atoms with van der Waals surface area (Å²) in [6.45, 7) is 6.17. The van der Waals surface area contributed by atoms with Crippen LogP contribution in [0.25, 0.3) is 0 Å². The third kappa shape index (κ3) is 3.19. The van der Waals surface area contributed by atoms with Crippen LogP contribution in [0.5, 0.6) is 5.88 Å². The monoisotopic (exact) mass is 200 g/mol. The Labute approximate surface area is 83.1 Å². The Morgan fingerprint density at radius 1 is 1.31 bits per heavy atom. The molecule has 1 atom stereocenters. The molecule has 1 aromatic rings. The van der Waals surface area contributed by atoms with E-state index in [1.807, 2.05) is 6.92 Å². The molecule has 1 unspecified atom stereocenters. The fraction of sp³-hybridized carbons (Fsp3) is 0.556. The maximum absolute atomic E-state index is 5.65. The molecule has 0 aromatic carbocycles. The molecule has 0 aliphatic carbocycles. The zero-order chi connectivity index (χ0) is 9.84. The van der Waals surface area contributed by atoms with Crippen LogP contribution < -0.4 is 4.74 Å². The highest BCUT2D eigenvalue weighted by molar-refractivity contribution is 6.29. The minimum absolute atomic E-state index is 0.118. The van der Waals surface area contributed by atoms with Crippen molar-refractivity contribution in [2.75, 3.05) is 0 Å². The SMILES string of the molecule is CC(C)C(C)Oc1cncc(Cl)n1. The van der Waals surface area contributed by atoms with Crippen molar-refractivity contribution in [3.8, 4) is 5.88 Å². The highest BCUT2D eigenvalue weighted by Gasteiger charge is 2.09. The highest BCUT2D eigenvalue weighted by atomic mass is 35.5. The summed E-state index contributed by atoms with van der Waals surface area (Å²) >= 11 is 5.65. The molecule has 1 aromatic heterocycles. The van der Waals surface area contributed by atoms with E-state index in [1.54, 1.807) is 6.20 Å². The van der Waals surface area contributed by atoms with Gasteiger partial charge in [-0.25, -0.2) is 0 Å². The Morgan fingerprint density at radius 3 is 2.54 bits per heavy atom. The van der Waals surface area contributed by atoms with Crippen LogP contribution in [0.2, 0.25) is 5.15 Å². The number of hydrogen-bond acceptors (Lipinski definition) is 3. The molecule has 0 N–H and O–H groups in total. The van der Waals surface area contributed by atoms with Crippen molar-refractivity contribution >= 4 is 11.6 Å². The van der Waals surface area contributed by atoms with E-state index in [-0.39, 0.29) is 6.10 Å². The van der Waals surface area contributed by atoms with Gasteiger partial charge in [-0.3, -0.25) is 4.98 Å². The number of nitrogens with zero attached hydrogens (tertiary/aromatic N) is 2. The van der Waals surface area contributed by atoms with Gasteiger partial charge >= 0.3 is 0 Å². The van der Waals surface area contributed by atoms with Crippen molar-refractivity contribution in [2.24, 2.45) is 5.92 Å². The van der Waals surface area contributed by atoms with Crippen molar-refractivity contribution in [3.05, 3.63) is 17.5 Å². The van der Waals surface area contributed by atoms with Crippen molar-refractivity contribution in [3.63, 3.8) is 0 Å². The van der Waals surface area contributed by atoms with Gasteiger partial charge in [0.25, 0.3) is 0 Å². The first-order chi connectivity index (χ1) is 6.09. The first kappa shape index (κ1) is 10.3. The summed E-state index contributed by atoms with van der Waals surface area (Å²) in [5.74, 6) is 0.925. The number of aromatic nitrogens is 2. The van der Waals surface area contributed by atoms with E-state index in [2.05, 4.69) is 23.8 Å². The topological polar surface area (TPSA) is 35.0 Å². The fourth-order valence-corrected chi connectivity index (χ4v) is 0.849. The smallest absolute Gasteiger partial charge is 0.234 e. The molecule has 0 saturated carbocycles. The van der Waals surface area contributed by atoms with E-state index < -0.39 is 0 Å². The predicted molar refractivity (Wildman–Crippen MR) is 52.0 cm³/mol. The Hall–Kier alpha value is -0.830. The van der Waals surface area contributed by atoms with Crippen molar-refractivity contribution in [1.82, 2.24) is 9.97 Å². The number of halogens is 1. The van der Waals surface area contributed by atoms with Gasteiger partial charge in [0, 0.05) is 0 Å². The molecule has 0 amide bonds. The molecule has 1 rings (SSSR count). The zero-order valence-corrected chi connectivity index (χ0v) is 8.75. The minimum atomic E-state index is 0.118. The molecule has 0 radical (unpaired) electrons. The molecule has 0 aliphatic heterocycles. The minimum Gasteiger partial charge on any atom is -0.473 e. The Bertz CT molecular complexity index is 278. The lowest BCUT2D eigenvalue weighted by atomic mass is 10.1. The molecular formula is C9H13ClN2O. The lowest BCUT2D eigenvalue weighted by Crippen LogP contribution is -2.19. The second kappa shape index (κ2) is 4.42. The van der Waals surface area contributed by atoms with Crippen LogP contribution in [-0.2, 0) is 0 Å². The van der Waals surface area contributed by atoms with Crippen LogP contribution in [0.1, 0.15) is 20.8 Å². The van der Waals surface area contributed by atoms with Crippen LogP contribution >= 0.6 is 11.6 Å². The van der Waals surface area contributed by atoms with E-state index in [1.165, 1.54) is 6.20 Å². The molecule has 0 fully saturated rings. The standard InChI is InChI=1S/C9H13ClN2O/c1-6(2)7(3)13-9-5-11-4-8(10)12-9/h4-7H,1-3H3. The molecule has 13 heavy (non-hydrogen) atoms. The Kier molecular flexibility index (Phi) is 3.48. The van der Waals surface area contributed by atoms with Crippen molar-refractivity contribution in [1.29, 1.82) is 0 Å². The summed E-state index contributed by atoms with van der Waals surface area (Å²) in [6.07, 6.45) is 3.16. The lowest BCUT2D eigenvalue weighted by Gasteiger charge is -2.16. The van der Waals surface area contributed by atoms with Crippen LogP contribution in [0.15, 0.2) is 12.4 Å². The molecule has 0 saturated heterocycles. The van der Waals surface area contributed by atoms with Gasteiger partial charge < -0.3 is 4.74 Å². The summed E-state index contributed by atoms with van der Waals surface area (Å²) < 4.78 is 5.50. The molecule has 72 valence electrons. The van der Waals surface area contributed by atoms with Gasteiger partial charge in [0.15, 0.2) is 5.15 Å². The molecule has 0 aliphatic rings. The Balaban J connectivity index is 2.64. The fourth-order valence-electron chi connectivity index (χ4n) is 0.709. The van der Waals surface area contributed by atoms with Gasteiger partial charge in [-0.1, -0.05) is 25.4 Å². The molecule has 0 bridgehead atoms. The van der Waals surface area contributed by atoms with Gasteiger partial charge in [-0.05, 0) is 12.8 Å². The van der Waals surface area contributed by atoms with Crippen molar-refractivity contribution in [2.45, 2.75) is 26.9 Å². The summed E-state index contributed by atoms with van der Waals surface area (Å²) in [6, 6.07) is 0. The van der Waals surface area contributed by atoms with Crippen LogP contribution in [-0.4, -0.2) is 16.1 Å². The molecule has 0 spiro atoms. The third-order valence-corrected chi connectivity index (χ3v) is 2.01. The lowest BCUT2D eigenvalue weighted by molar-refractivity contribution is 0.162. The van der Waals surface area contributed by atoms with Gasteiger partial charge in [0.2, 0.25) is 5.88 Å². The van der Waals surface area contributed by atoms with E-state index in [4.69, 9.17) is 16.3 Å². The molecular weight excluding hydrogens is 188 g/mol. The zero-order valence-electron chi connectivity index (χ0n) is 7.99. The molecule has 1 heterocycles. The predicted octanol–water partition coefficient (Wildman–Crippen LogP) is 2.55. The number of rotatable bonds is 3. The first-order valence-electron chi connectivity index (χ1n) is 4.24. The van der Waals surface area contributed by atoms with Crippen molar-refractivity contribution < 1.29 is 4.74 Å². The summed E-state index contributed by atoms with van der Waals surface area (Å²) in [5.41, 5.74) is 0. The molecule has 3 nitrogen and oxygen atoms in total. The largest absolute Gasteiger partial charge is 0.473 e. The average Bonchev–Trinajstić information content (AvgIpc) is 2.04. The van der Waals surface area contributed by atoms with Gasteiger partial charge in [-0.2, -0.15) is 4.98 Å². The van der Waals surface area contributed by atoms with Gasteiger partial charge in [0.1, 0.15) is 0 Å². The maximum atomic E-state index is 5.65. The maximum Gasteiger partial charge on any atom is 0.234 e. The first-order valence-corrected chi connectivity index (χ1v) is 4.61. The Morgan fingerprint density at radius 2 is 2.00 bits per heavy atom. The summed E-state index contributed by atoms with van der Waals surface area (Å²) in [4.78, 5) is 7.85. The average molecular weight is 201 g/mol. The molecule has 4 heteroatoms. The highest BCUT2D eigenvalue weighted by Crippen LogP contribution is 2.13. The second-order valence-electron chi connectivity index (χ2n) is 3.25. The van der Waals surface area contributed by atoms with Gasteiger partial charge in [0.05, 0.1) is 18.5 Å². The number of hydrogen-bond donors (Lipinski definition) is 0. The van der Waals surface area contributed by atoms with Crippen LogP contribution in [0.3, 0.4) is 0 Å². The van der Waals surface area contributed by atoms with Crippen LogP contribution in [0.4, 0.5) is 0 Å². The van der Waals surface area contributed by atoms with E-state index in [0.717, 1.165) is 0 Å². The van der Waals surface area contributed by atoms with E-state index in [9.17, 15) is 0 Å². The van der Waals surface area contributed by atoms with E-state index >= 15 is 0 Å². The quantitative estimate of drug-likeness (QED) is 0.752. The second-order valence-corrected chi connectivity index (χ2v) is 3.63. The van der Waals surface area contributed by atoms with E-state index in [0.29, 0.717) is 17.0 Å². The summed E-state index contributed by atoms with van der Waals surface area (Å²) in [5, 5.41) is 0.355. The summed E-state index contributed by atoms with van der Waals surface area (Å²) in [7, 11) is 0. The normalized spacial score (nSPS) is 13.0. The van der Waals surface area contributed by atoms with Crippen LogP contribution in [0, 0.1) is 5.92 Å².